The van der Waals surface area contributed by atoms with Crippen LogP contribution in [0.1, 0.15) is 16.8 Å². The second-order valence-electron chi connectivity index (χ2n) is 5.01. The van der Waals surface area contributed by atoms with Crippen molar-refractivity contribution in [1.82, 2.24) is 4.98 Å². The predicted molar refractivity (Wildman–Crippen MR) is 87.2 cm³/mol. The highest BCUT2D eigenvalue weighted by Gasteiger charge is 2.17. The maximum absolute atomic E-state index is 12.0. The molecule has 6 heteroatoms. The molecule has 0 spiro atoms. The van der Waals surface area contributed by atoms with Gasteiger partial charge in [0, 0.05) is 5.69 Å². The summed E-state index contributed by atoms with van der Waals surface area (Å²) in [5.41, 5.74) is 2.95. The van der Waals surface area contributed by atoms with E-state index in [1.165, 1.54) is 0 Å². The molecule has 22 heavy (non-hydrogen) atoms. The number of nitrogens with zero attached hydrogens (tertiary/aromatic N) is 1. The Labute approximate surface area is 133 Å². The van der Waals surface area contributed by atoms with Gasteiger partial charge in [0.1, 0.15) is 5.82 Å². The van der Waals surface area contributed by atoms with Crippen molar-refractivity contribution in [3.63, 3.8) is 0 Å². The van der Waals surface area contributed by atoms with E-state index in [-0.39, 0.29) is 0 Å². The zero-order valence-corrected chi connectivity index (χ0v) is 13.3. The summed E-state index contributed by atoms with van der Waals surface area (Å²) in [6, 6.07) is 8.76. The van der Waals surface area contributed by atoms with Gasteiger partial charge in [-0.1, -0.05) is 23.7 Å². The molecule has 0 saturated heterocycles. The number of rotatable bonds is 2. The summed E-state index contributed by atoms with van der Waals surface area (Å²) in [6.07, 6.45) is 0. The molecule has 1 aromatic heterocycles. The molecule has 2 amide bonds. The van der Waals surface area contributed by atoms with Crippen LogP contribution in [-0.2, 0) is 9.59 Å². The Morgan fingerprint density at radius 1 is 1.05 bits per heavy atom. The topological polar surface area (TPSA) is 71.1 Å². The van der Waals surface area contributed by atoms with Crippen molar-refractivity contribution >= 4 is 34.9 Å². The van der Waals surface area contributed by atoms with Crippen LogP contribution < -0.4 is 10.6 Å². The molecule has 0 bridgehead atoms. The van der Waals surface area contributed by atoms with Gasteiger partial charge in [0.05, 0.1) is 10.7 Å². The minimum atomic E-state index is -0.797. The maximum atomic E-state index is 12.0. The average molecular weight is 318 g/mol. The Balaban J connectivity index is 2.11. The van der Waals surface area contributed by atoms with E-state index < -0.39 is 11.8 Å². The fourth-order valence-corrected chi connectivity index (χ4v) is 2.40. The lowest BCUT2D eigenvalue weighted by molar-refractivity contribution is -0.133. The van der Waals surface area contributed by atoms with Gasteiger partial charge in [-0.3, -0.25) is 9.59 Å². The van der Waals surface area contributed by atoms with Gasteiger partial charge in [0.2, 0.25) is 0 Å². The fourth-order valence-electron chi connectivity index (χ4n) is 2.03. The molecule has 1 aromatic carbocycles. The van der Waals surface area contributed by atoms with Crippen molar-refractivity contribution in [2.24, 2.45) is 0 Å². The smallest absolute Gasteiger partial charge is 0.315 e. The predicted octanol–water partition coefficient (Wildman–Crippen LogP) is 3.24. The Hall–Kier alpha value is -2.40. The SMILES string of the molecule is Cc1cc(C)c(NC(=O)C(=O)Nc2cccc(C)n2)c(Cl)c1. The van der Waals surface area contributed by atoms with E-state index in [1.807, 2.05) is 19.9 Å². The monoisotopic (exact) mass is 317 g/mol. The summed E-state index contributed by atoms with van der Waals surface area (Å²) >= 11 is 6.11. The van der Waals surface area contributed by atoms with Crippen LogP contribution in [0.25, 0.3) is 0 Å². The normalized spacial score (nSPS) is 10.2. The molecule has 0 aliphatic rings. The molecular weight excluding hydrogens is 302 g/mol. The highest BCUT2D eigenvalue weighted by atomic mass is 35.5. The first-order valence-electron chi connectivity index (χ1n) is 6.69. The van der Waals surface area contributed by atoms with E-state index in [9.17, 15) is 9.59 Å². The quantitative estimate of drug-likeness (QED) is 0.835. The summed E-state index contributed by atoms with van der Waals surface area (Å²) in [5, 5.41) is 5.37. The number of carbonyl (C=O) groups excluding carboxylic acids is 2. The van der Waals surface area contributed by atoms with E-state index in [4.69, 9.17) is 11.6 Å². The summed E-state index contributed by atoms with van der Waals surface area (Å²) < 4.78 is 0. The first kappa shape index (κ1) is 16.0. The number of nitrogens with one attached hydrogen (secondary N) is 2. The third-order valence-corrected chi connectivity index (χ3v) is 3.30. The lowest BCUT2D eigenvalue weighted by atomic mass is 10.1. The van der Waals surface area contributed by atoms with Crippen LogP contribution >= 0.6 is 11.6 Å². The van der Waals surface area contributed by atoms with Gasteiger partial charge in [-0.2, -0.15) is 0 Å². The molecule has 0 saturated carbocycles. The fraction of sp³-hybridized carbons (Fsp3) is 0.188. The molecule has 0 radical (unpaired) electrons. The average Bonchev–Trinajstić information content (AvgIpc) is 2.42. The van der Waals surface area contributed by atoms with Crippen LogP contribution in [0.3, 0.4) is 0 Å². The lowest BCUT2D eigenvalue weighted by Gasteiger charge is -2.11. The molecule has 0 atom stereocenters. The highest BCUT2D eigenvalue weighted by molar-refractivity contribution is 6.44. The Kier molecular flexibility index (Phi) is 4.78. The van der Waals surface area contributed by atoms with Crippen molar-refractivity contribution in [2.75, 3.05) is 10.6 Å². The minimum Gasteiger partial charge on any atom is -0.316 e. The van der Waals surface area contributed by atoms with E-state index in [2.05, 4.69) is 15.6 Å². The number of carbonyl (C=O) groups is 2. The van der Waals surface area contributed by atoms with Crippen molar-refractivity contribution in [3.05, 3.63) is 52.2 Å². The van der Waals surface area contributed by atoms with Crippen LogP contribution in [-0.4, -0.2) is 16.8 Å². The van der Waals surface area contributed by atoms with Crippen LogP contribution in [0, 0.1) is 20.8 Å². The number of amides is 2. The zero-order chi connectivity index (χ0) is 16.3. The van der Waals surface area contributed by atoms with E-state index in [0.717, 1.165) is 16.8 Å². The summed E-state index contributed by atoms with van der Waals surface area (Å²) in [4.78, 5) is 28.0. The van der Waals surface area contributed by atoms with Crippen molar-refractivity contribution in [2.45, 2.75) is 20.8 Å². The number of halogens is 1. The van der Waals surface area contributed by atoms with E-state index in [1.54, 1.807) is 31.2 Å². The van der Waals surface area contributed by atoms with Crippen LogP contribution in [0.4, 0.5) is 11.5 Å². The molecule has 0 aliphatic heterocycles. The van der Waals surface area contributed by atoms with Gasteiger partial charge >= 0.3 is 11.8 Å². The first-order valence-corrected chi connectivity index (χ1v) is 7.07. The molecule has 2 N–H and O–H groups in total. The second kappa shape index (κ2) is 6.58. The standard InChI is InChI=1S/C16H16ClN3O2/c1-9-7-10(2)14(12(17)8-9)20-16(22)15(21)19-13-6-4-5-11(3)18-13/h4-8H,1-3H3,(H,20,22)(H,18,19,21). The first-order chi connectivity index (χ1) is 10.4. The lowest BCUT2D eigenvalue weighted by Crippen LogP contribution is -2.29. The van der Waals surface area contributed by atoms with E-state index in [0.29, 0.717) is 16.5 Å². The third-order valence-electron chi connectivity index (χ3n) is 3.01. The van der Waals surface area contributed by atoms with Crippen LogP contribution in [0.15, 0.2) is 30.3 Å². The number of pyridine rings is 1. The molecule has 0 aliphatic carbocycles. The third kappa shape index (κ3) is 3.83. The van der Waals surface area contributed by atoms with Crippen LogP contribution in [0.5, 0.6) is 0 Å². The number of benzene rings is 1. The molecule has 0 fully saturated rings. The number of hydrogen-bond acceptors (Lipinski definition) is 3. The Morgan fingerprint density at radius 3 is 2.36 bits per heavy atom. The summed E-state index contributed by atoms with van der Waals surface area (Å²) in [6.45, 7) is 5.51. The maximum Gasteiger partial charge on any atom is 0.315 e. The van der Waals surface area contributed by atoms with Crippen LogP contribution in [0.2, 0.25) is 5.02 Å². The number of aryl methyl sites for hydroxylation is 3. The van der Waals surface area contributed by atoms with E-state index >= 15 is 0 Å². The van der Waals surface area contributed by atoms with Gasteiger partial charge in [0.15, 0.2) is 0 Å². The zero-order valence-electron chi connectivity index (χ0n) is 12.5. The molecule has 0 unspecified atom stereocenters. The van der Waals surface area contributed by atoms with Gasteiger partial charge in [-0.05, 0) is 50.1 Å². The number of aromatic nitrogens is 1. The molecule has 1 heterocycles. The molecule has 2 rings (SSSR count). The Morgan fingerprint density at radius 2 is 1.73 bits per heavy atom. The van der Waals surface area contributed by atoms with Crippen molar-refractivity contribution in [1.29, 1.82) is 0 Å². The minimum absolute atomic E-state index is 0.326. The van der Waals surface area contributed by atoms with Gasteiger partial charge in [-0.25, -0.2) is 4.98 Å². The Bertz CT molecular complexity index is 721. The van der Waals surface area contributed by atoms with Gasteiger partial charge in [-0.15, -0.1) is 0 Å². The number of anilines is 2. The molecular formula is C16H16ClN3O2. The van der Waals surface area contributed by atoms with Crippen molar-refractivity contribution < 1.29 is 9.59 Å². The summed E-state index contributed by atoms with van der Waals surface area (Å²) in [5.74, 6) is -1.27. The summed E-state index contributed by atoms with van der Waals surface area (Å²) in [7, 11) is 0. The number of hydrogen-bond donors (Lipinski definition) is 2. The molecule has 114 valence electrons. The van der Waals surface area contributed by atoms with Gasteiger partial charge in [0.25, 0.3) is 0 Å². The highest BCUT2D eigenvalue weighted by Crippen LogP contribution is 2.27. The van der Waals surface area contributed by atoms with Gasteiger partial charge < -0.3 is 10.6 Å². The largest absolute Gasteiger partial charge is 0.316 e. The molecule has 5 nitrogen and oxygen atoms in total. The second-order valence-corrected chi connectivity index (χ2v) is 5.42. The van der Waals surface area contributed by atoms with Crippen molar-refractivity contribution in [3.8, 4) is 0 Å². The molecule has 2 aromatic rings.